The lowest BCUT2D eigenvalue weighted by Gasteiger charge is -2.22. The molecule has 3 rings (SSSR count). The van der Waals surface area contributed by atoms with Crippen LogP contribution in [0.2, 0.25) is 0 Å². The fourth-order valence-electron chi connectivity index (χ4n) is 2.98. The van der Waals surface area contributed by atoms with Gasteiger partial charge in [0.25, 0.3) is 0 Å². The first-order chi connectivity index (χ1) is 12.3. The molecule has 0 amide bonds. The van der Waals surface area contributed by atoms with Crippen LogP contribution >= 0.6 is 24.0 Å². The van der Waals surface area contributed by atoms with E-state index in [4.69, 9.17) is 9.26 Å². The summed E-state index contributed by atoms with van der Waals surface area (Å²) in [7, 11) is 1.71. The molecule has 0 saturated carbocycles. The first-order valence-corrected chi connectivity index (χ1v) is 8.62. The van der Waals surface area contributed by atoms with Crippen LogP contribution in [0, 0.1) is 0 Å². The second-order valence-corrected chi connectivity index (χ2v) is 5.93. The Balaban J connectivity index is 0.00000243. The molecule has 0 aliphatic carbocycles. The average Bonchev–Trinajstić information content (AvgIpc) is 3.32. The number of para-hydroxylation sites is 2. The highest BCUT2D eigenvalue weighted by molar-refractivity contribution is 14.0. The van der Waals surface area contributed by atoms with Gasteiger partial charge in [-0.1, -0.05) is 17.3 Å². The van der Waals surface area contributed by atoms with Gasteiger partial charge in [0.2, 0.25) is 0 Å². The van der Waals surface area contributed by atoms with Gasteiger partial charge in [-0.3, -0.25) is 0 Å². The topological polar surface area (TPSA) is 74.9 Å². The Hall–Kier alpha value is -1.97. The molecule has 2 heterocycles. The van der Waals surface area contributed by atoms with E-state index >= 15 is 0 Å². The summed E-state index contributed by atoms with van der Waals surface area (Å²) in [5.41, 5.74) is 1.96. The molecular formula is C18H26IN5O2. The Morgan fingerprint density at radius 2 is 2.23 bits per heavy atom. The van der Waals surface area contributed by atoms with E-state index in [1.165, 1.54) is 0 Å². The highest BCUT2D eigenvalue weighted by Crippen LogP contribution is 2.30. The maximum Gasteiger partial charge on any atom is 0.191 e. The number of ether oxygens (including phenoxy) is 1. The Morgan fingerprint density at radius 3 is 2.96 bits per heavy atom. The van der Waals surface area contributed by atoms with E-state index in [0.717, 1.165) is 49.1 Å². The lowest BCUT2D eigenvalue weighted by Crippen LogP contribution is -2.44. The number of halogens is 1. The van der Waals surface area contributed by atoms with Crippen LogP contribution in [0.1, 0.15) is 19.0 Å². The van der Waals surface area contributed by atoms with E-state index in [9.17, 15) is 0 Å². The lowest BCUT2D eigenvalue weighted by atomic mass is 10.2. The molecule has 1 aliphatic rings. The summed E-state index contributed by atoms with van der Waals surface area (Å²) in [5, 5.41) is 10.7. The summed E-state index contributed by atoms with van der Waals surface area (Å²) >= 11 is 0. The monoisotopic (exact) mass is 471 g/mol. The van der Waals surface area contributed by atoms with Gasteiger partial charge in [0.1, 0.15) is 17.7 Å². The molecule has 2 aromatic rings. The van der Waals surface area contributed by atoms with Gasteiger partial charge in [-0.2, -0.15) is 0 Å². The molecule has 1 aromatic carbocycles. The number of nitrogens with one attached hydrogen (secondary N) is 2. The van der Waals surface area contributed by atoms with Crippen LogP contribution in [0.5, 0.6) is 5.75 Å². The van der Waals surface area contributed by atoms with Crippen molar-refractivity contribution in [3.05, 3.63) is 42.3 Å². The van der Waals surface area contributed by atoms with Crippen LogP contribution < -0.4 is 20.3 Å². The highest BCUT2D eigenvalue weighted by Gasteiger charge is 2.25. The number of hydrogen-bond acceptors (Lipinski definition) is 5. The Bertz CT molecular complexity index is 693. The Morgan fingerprint density at radius 1 is 1.38 bits per heavy atom. The van der Waals surface area contributed by atoms with E-state index in [1.807, 2.05) is 24.3 Å². The van der Waals surface area contributed by atoms with Crippen LogP contribution in [0.15, 0.2) is 46.1 Å². The zero-order valence-corrected chi connectivity index (χ0v) is 17.5. The van der Waals surface area contributed by atoms with Gasteiger partial charge in [0.15, 0.2) is 5.96 Å². The molecule has 1 aliphatic heterocycles. The normalized spacial score (nSPS) is 16.9. The van der Waals surface area contributed by atoms with Crippen molar-refractivity contribution in [2.45, 2.75) is 25.9 Å². The van der Waals surface area contributed by atoms with Gasteiger partial charge >= 0.3 is 0 Å². The highest BCUT2D eigenvalue weighted by atomic mass is 127. The molecule has 26 heavy (non-hydrogen) atoms. The minimum atomic E-state index is 0. The van der Waals surface area contributed by atoms with E-state index < -0.39 is 0 Å². The number of hydrogen-bond donors (Lipinski definition) is 2. The van der Waals surface area contributed by atoms with E-state index in [1.54, 1.807) is 13.4 Å². The predicted molar refractivity (Wildman–Crippen MR) is 113 cm³/mol. The first-order valence-electron chi connectivity index (χ1n) is 8.62. The summed E-state index contributed by atoms with van der Waals surface area (Å²) in [6, 6.07) is 10.3. The van der Waals surface area contributed by atoms with E-state index in [-0.39, 0.29) is 24.0 Å². The van der Waals surface area contributed by atoms with Crippen molar-refractivity contribution in [1.29, 1.82) is 0 Å². The molecule has 1 aromatic heterocycles. The summed E-state index contributed by atoms with van der Waals surface area (Å²) in [6.07, 6.45) is 2.61. The molecule has 8 heteroatoms. The molecule has 0 bridgehead atoms. The third kappa shape index (κ3) is 5.26. The lowest BCUT2D eigenvalue weighted by molar-refractivity contribution is 0.412. The minimum Gasteiger partial charge on any atom is -0.495 e. The fourth-order valence-corrected chi connectivity index (χ4v) is 2.98. The van der Waals surface area contributed by atoms with Gasteiger partial charge in [-0.25, -0.2) is 4.99 Å². The van der Waals surface area contributed by atoms with Gasteiger partial charge in [0, 0.05) is 31.7 Å². The van der Waals surface area contributed by atoms with E-state index in [2.05, 4.69) is 38.7 Å². The van der Waals surface area contributed by atoms with Crippen molar-refractivity contribution in [3.63, 3.8) is 0 Å². The number of aliphatic imine (C=N–C) groups is 1. The van der Waals surface area contributed by atoms with Gasteiger partial charge in [-0.05, 0) is 25.5 Å². The van der Waals surface area contributed by atoms with Crippen molar-refractivity contribution in [3.8, 4) is 5.75 Å². The number of aromatic nitrogens is 1. The Kier molecular flexibility index (Phi) is 8.02. The van der Waals surface area contributed by atoms with Crippen molar-refractivity contribution in [2.24, 2.45) is 4.99 Å². The number of guanidine groups is 1. The van der Waals surface area contributed by atoms with Crippen LogP contribution in [0.3, 0.4) is 0 Å². The van der Waals surface area contributed by atoms with Gasteiger partial charge in [0.05, 0.1) is 19.3 Å². The van der Waals surface area contributed by atoms with Crippen LogP contribution in [0.25, 0.3) is 0 Å². The zero-order valence-electron chi connectivity index (χ0n) is 15.1. The van der Waals surface area contributed by atoms with Crippen molar-refractivity contribution >= 4 is 35.6 Å². The maximum atomic E-state index is 5.48. The number of nitrogens with zero attached hydrogens (tertiary/aromatic N) is 3. The molecule has 1 saturated heterocycles. The van der Waals surface area contributed by atoms with Crippen LogP contribution in [-0.4, -0.2) is 43.9 Å². The number of rotatable bonds is 6. The fraction of sp³-hybridized carbons (Fsp3) is 0.444. The smallest absolute Gasteiger partial charge is 0.191 e. The molecule has 142 valence electrons. The minimum absolute atomic E-state index is 0. The number of methoxy groups -OCH3 is 1. The largest absolute Gasteiger partial charge is 0.495 e. The van der Waals surface area contributed by atoms with Crippen LogP contribution in [0.4, 0.5) is 5.69 Å². The van der Waals surface area contributed by atoms with Crippen LogP contribution in [-0.2, 0) is 6.54 Å². The van der Waals surface area contributed by atoms with Crippen molar-refractivity contribution in [2.75, 3.05) is 31.6 Å². The summed E-state index contributed by atoms with van der Waals surface area (Å²) < 4.78 is 10.3. The number of benzene rings is 1. The molecule has 1 unspecified atom stereocenters. The molecule has 7 nitrogen and oxygen atoms in total. The maximum absolute atomic E-state index is 5.48. The first kappa shape index (κ1) is 20.3. The standard InChI is InChI=1S/C18H25N5O2.HI/c1-3-19-18(20-12-14-9-11-25-22-14)21-15-8-10-23(13-15)16-6-4-5-7-17(16)24-2;/h4-7,9,11,15H,3,8,10,12-13H2,1-2H3,(H2,19,20,21);1H. The third-order valence-electron chi connectivity index (χ3n) is 4.19. The molecule has 0 spiro atoms. The average molecular weight is 471 g/mol. The second-order valence-electron chi connectivity index (χ2n) is 5.93. The number of anilines is 1. The summed E-state index contributed by atoms with van der Waals surface area (Å²) in [6.45, 7) is 5.26. The van der Waals surface area contributed by atoms with Gasteiger partial charge < -0.3 is 24.8 Å². The van der Waals surface area contributed by atoms with E-state index in [0.29, 0.717) is 12.6 Å². The molecule has 0 radical (unpaired) electrons. The quantitative estimate of drug-likeness (QED) is 0.384. The summed E-state index contributed by atoms with van der Waals surface area (Å²) in [4.78, 5) is 6.92. The molecular weight excluding hydrogens is 445 g/mol. The zero-order chi connectivity index (χ0) is 17.5. The van der Waals surface area contributed by atoms with Crippen molar-refractivity contribution < 1.29 is 9.26 Å². The molecule has 2 N–H and O–H groups in total. The SMILES string of the molecule is CCNC(=NCc1ccon1)NC1CCN(c2ccccc2OC)C1.I. The predicted octanol–water partition coefficient (Wildman–Crippen LogP) is 2.64. The second kappa shape index (κ2) is 10.2. The van der Waals surface area contributed by atoms with Gasteiger partial charge in [-0.15, -0.1) is 24.0 Å². The molecule has 1 atom stereocenters. The Labute approximate surface area is 171 Å². The molecule has 1 fully saturated rings. The van der Waals surface area contributed by atoms with Crippen molar-refractivity contribution in [1.82, 2.24) is 15.8 Å². The summed E-state index contributed by atoms with van der Waals surface area (Å²) in [5.74, 6) is 1.71. The third-order valence-corrected chi connectivity index (χ3v) is 4.19.